The van der Waals surface area contributed by atoms with Crippen molar-refractivity contribution in [3.05, 3.63) is 59.4 Å². The summed E-state index contributed by atoms with van der Waals surface area (Å²) in [6.45, 7) is 2.88. The van der Waals surface area contributed by atoms with Crippen molar-refractivity contribution < 1.29 is 9.13 Å². The molecule has 0 aromatic heterocycles. The van der Waals surface area contributed by atoms with E-state index in [2.05, 4.69) is 6.92 Å². The van der Waals surface area contributed by atoms with Crippen LogP contribution in [0.15, 0.2) is 42.5 Å². The van der Waals surface area contributed by atoms with Crippen LogP contribution in [0.5, 0.6) is 5.75 Å². The van der Waals surface area contributed by atoms with E-state index in [-0.39, 0.29) is 5.69 Å². The molecule has 0 spiro atoms. The van der Waals surface area contributed by atoms with Gasteiger partial charge in [0.15, 0.2) is 0 Å². The Bertz CT molecular complexity index is 605. The Balaban J connectivity index is 1.99. The molecule has 3 heteroatoms. The predicted molar refractivity (Wildman–Crippen MR) is 86.6 cm³/mol. The van der Waals surface area contributed by atoms with Crippen LogP contribution < -0.4 is 10.5 Å². The molecule has 0 heterocycles. The number of hydrogen-bond acceptors (Lipinski definition) is 2. The first-order chi connectivity index (χ1) is 10.2. The lowest BCUT2D eigenvalue weighted by Gasteiger charge is -2.05. The maximum absolute atomic E-state index is 13.3. The van der Waals surface area contributed by atoms with Crippen molar-refractivity contribution in [1.29, 1.82) is 0 Å². The van der Waals surface area contributed by atoms with Crippen LogP contribution in [-0.4, -0.2) is 6.61 Å². The van der Waals surface area contributed by atoms with Crippen molar-refractivity contribution in [3.8, 4) is 5.75 Å². The minimum Gasteiger partial charge on any atom is -0.494 e. The van der Waals surface area contributed by atoms with Crippen LogP contribution in [0.4, 0.5) is 10.1 Å². The van der Waals surface area contributed by atoms with E-state index < -0.39 is 5.82 Å². The van der Waals surface area contributed by atoms with E-state index in [9.17, 15) is 4.39 Å². The Labute approximate surface area is 125 Å². The number of halogens is 1. The Morgan fingerprint density at radius 2 is 1.71 bits per heavy atom. The number of rotatable bonds is 6. The molecule has 2 rings (SSSR count). The van der Waals surface area contributed by atoms with Crippen LogP contribution >= 0.6 is 0 Å². The molecule has 0 fully saturated rings. The Kier molecular flexibility index (Phi) is 5.38. The van der Waals surface area contributed by atoms with Gasteiger partial charge in [-0.25, -0.2) is 4.39 Å². The fraction of sp³-hybridized carbons (Fsp3) is 0.222. The first-order valence-electron chi connectivity index (χ1n) is 7.15. The average molecular weight is 285 g/mol. The fourth-order valence-electron chi connectivity index (χ4n) is 1.85. The normalized spacial score (nSPS) is 11.0. The first-order valence-corrected chi connectivity index (χ1v) is 7.15. The molecule has 110 valence electrons. The molecule has 0 unspecified atom stereocenters. The Hall–Kier alpha value is -2.29. The van der Waals surface area contributed by atoms with E-state index in [1.165, 1.54) is 6.07 Å². The van der Waals surface area contributed by atoms with Crippen LogP contribution in [0, 0.1) is 5.82 Å². The molecule has 0 saturated heterocycles. The number of ether oxygens (including phenoxy) is 1. The second-order valence-electron chi connectivity index (χ2n) is 4.89. The third-order valence-electron chi connectivity index (χ3n) is 3.14. The molecule has 0 aliphatic rings. The number of benzene rings is 2. The van der Waals surface area contributed by atoms with Crippen molar-refractivity contribution in [2.24, 2.45) is 0 Å². The van der Waals surface area contributed by atoms with Gasteiger partial charge in [0, 0.05) is 0 Å². The molecule has 2 N–H and O–H groups in total. The average Bonchev–Trinajstić information content (AvgIpc) is 2.50. The van der Waals surface area contributed by atoms with E-state index >= 15 is 0 Å². The number of nitrogens with two attached hydrogens (primary N) is 1. The summed E-state index contributed by atoms with van der Waals surface area (Å²) in [4.78, 5) is 0. The summed E-state index contributed by atoms with van der Waals surface area (Å²) in [6.07, 6.45) is 5.97. The number of anilines is 1. The number of nitrogen functional groups attached to an aromatic ring is 1. The molecule has 0 radical (unpaired) electrons. The molecule has 0 aliphatic heterocycles. The van der Waals surface area contributed by atoms with Crippen molar-refractivity contribution in [2.75, 3.05) is 12.3 Å². The lowest BCUT2D eigenvalue weighted by molar-refractivity contribution is 0.309. The van der Waals surface area contributed by atoms with E-state index in [4.69, 9.17) is 10.5 Å². The molecule has 2 nitrogen and oxygen atoms in total. The van der Waals surface area contributed by atoms with E-state index in [0.717, 1.165) is 36.3 Å². The van der Waals surface area contributed by atoms with E-state index in [1.54, 1.807) is 12.1 Å². The number of unbranched alkanes of at least 4 members (excludes halogenated alkanes) is 1. The predicted octanol–water partition coefficient (Wildman–Crippen LogP) is 4.76. The standard InChI is InChI=1S/C18H20FNO/c1-2-3-12-21-16-9-6-14(7-10-16)4-5-15-8-11-18(20)17(19)13-15/h4-11,13H,2-3,12,20H2,1H3/b5-4+. The summed E-state index contributed by atoms with van der Waals surface area (Å²) in [5.74, 6) is 0.482. The lowest BCUT2D eigenvalue weighted by atomic mass is 10.1. The maximum Gasteiger partial charge on any atom is 0.146 e. The van der Waals surface area contributed by atoms with Gasteiger partial charge in [0.2, 0.25) is 0 Å². The molecule has 0 bridgehead atoms. The SMILES string of the molecule is CCCCOc1ccc(/C=C/c2ccc(N)c(F)c2)cc1. The number of hydrogen-bond donors (Lipinski definition) is 1. The van der Waals surface area contributed by atoms with Crippen LogP contribution in [0.2, 0.25) is 0 Å². The monoisotopic (exact) mass is 285 g/mol. The summed E-state index contributed by atoms with van der Waals surface area (Å²) in [6, 6.07) is 12.6. The van der Waals surface area contributed by atoms with Gasteiger partial charge in [0.05, 0.1) is 12.3 Å². The summed E-state index contributed by atoms with van der Waals surface area (Å²) >= 11 is 0. The second kappa shape index (κ2) is 7.48. The van der Waals surface area contributed by atoms with Crippen LogP contribution in [-0.2, 0) is 0 Å². The molecule has 0 atom stereocenters. The van der Waals surface area contributed by atoms with Gasteiger partial charge in [-0.3, -0.25) is 0 Å². The van der Waals surface area contributed by atoms with Crippen molar-refractivity contribution >= 4 is 17.8 Å². The van der Waals surface area contributed by atoms with Gasteiger partial charge < -0.3 is 10.5 Å². The summed E-state index contributed by atoms with van der Waals surface area (Å²) in [5.41, 5.74) is 7.44. The minimum absolute atomic E-state index is 0.167. The zero-order chi connectivity index (χ0) is 15.1. The highest BCUT2D eigenvalue weighted by molar-refractivity contribution is 5.70. The highest BCUT2D eigenvalue weighted by atomic mass is 19.1. The van der Waals surface area contributed by atoms with Gasteiger partial charge in [-0.15, -0.1) is 0 Å². The van der Waals surface area contributed by atoms with Gasteiger partial charge in [0.1, 0.15) is 11.6 Å². The molecule has 21 heavy (non-hydrogen) atoms. The lowest BCUT2D eigenvalue weighted by Crippen LogP contribution is -1.95. The van der Waals surface area contributed by atoms with Crippen LogP contribution in [0.3, 0.4) is 0 Å². The zero-order valence-electron chi connectivity index (χ0n) is 12.2. The van der Waals surface area contributed by atoms with Gasteiger partial charge in [-0.2, -0.15) is 0 Å². The van der Waals surface area contributed by atoms with Crippen molar-refractivity contribution in [1.82, 2.24) is 0 Å². The molecule has 0 aliphatic carbocycles. The van der Waals surface area contributed by atoms with E-state index in [0.29, 0.717) is 0 Å². The smallest absolute Gasteiger partial charge is 0.146 e. The maximum atomic E-state index is 13.3. The first kappa shape index (κ1) is 15.1. The van der Waals surface area contributed by atoms with Gasteiger partial charge in [0.25, 0.3) is 0 Å². The summed E-state index contributed by atoms with van der Waals surface area (Å²) < 4.78 is 18.9. The minimum atomic E-state index is -0.392. The van der Waals surface area contributed by atoms with Gasteiger partial charge in [-0.1, -0.05) is 43.7 Å². The quantitative estimate of drug-likeness (QED) is 0.472. The third-order valence-corrected chi connectivity index (χ3v) is 3.14. The molecule has 2 aromatic rings. The molecular formula is C18H20FNO. The van der Waals surface area contributed by atoms with Crippen molar-refractivity contribution in [2.45, 2.75) is 19.8 Å². The highest BCUT2D eigenvalue weighted by Crippen LogP contribution is 2.17. The molecule has 2 aromatic carbocycles. The summed E-state index contributed by atoms with van der Waals surface area (Å²) in [5, 5.41) is 0. The van der Waals surface area contributed by atoms with Crippen LogP contribution in [0.1, 0.15) is 30.9 Å². The van der Waals surface area contributed by atoms with Crippen LogP contribution in [0.25, 0.3) is 12.2 Å². The fourth-order valence-corrected chi connectivity index (χ4v) is 1.85. The Morgan fingerprint density at radius 1 is 1.05 bits per heavy atom. The summed E-state index contributed by atoms with van der Waals surface area (Å²) in [7, 11) is 0. The second-order valence-corrected chi connectivity index (χ2v) is 4.89. The Morgan fingerprint density at radius 3 is 2.38 bits per heavy atom. The van der Waals surface area contributed by atoms with Gasteiger partial charge >= 0.3 is 0 Å². The topological polar surface area (TPSA) is 35.2 Å². The van der Waals surface area contributed by atoms with Gasteiger partial charge in [-0.05, 0) is 41.8 Å². The van der Waals surface area contributed by atoms with E-state index in [1.807, 2.05) is 36.4 Å². The molecular weight excluding hydrogens is 265 g/mol. The molecule has 0 saturated carbocycles. The highest BCUT2D eigenvalue weighted by Gasteiger charge is 1.97. The third kappa shape index (κ3) is 4.63. The molecule has 0 amide bonds. The zero-order valence-corrected chi connectivity index (χ0v) is 12.2. The van der Waals surface area contributed by atoms with Crippen molar-refractivity contribution in [3.63, 3.8) is 0 Å². The largest absolute Gasteiger partial charge is 0.494 e.